The van der Waals surface area contributed by atoms with Crippen LogP contribution in [0.4, 0.5) is 10.5 Å². The number of amides is 2. The second-order valence-electron chi connectivity index (χ2n) is 8.23. The average molecular weight is 316 g/mol. The van der Waals surface area contributed by atoms with Crippen LogP contribution in [0.5, 0.6) is 5.75 Å². The highest BCUT2D eigenvalue weighted by atomic mass is 16.5. The van der Waals surface area contributed by atoms with Crippen LogP contribution >= 0.6 is 0 Å². The number of likely N-dealkylation sites (tertiary alicyclic amines) is 1. The number of hydrogen-bond acceptors (Lipinski definition) is 2. The van der Waals surface area contributed by atoms with Crippen molar-refractivity contribution < 1.29 is 9.53 Å². The molecule has 1 N–H and O–H groups in total. The van der Waals surface area contributed by atoms with Gasteiger partial charge in [0.1, 0.15) is 5.75 Å². The molecule has 0 spiro atoms. The quantitative estimate of drug-likeness (QED) is 0.891. The SMILES string of the molecule is CCOc1ccc(NC(=O)N2CC3(C)CC2CC(C)(C)C3)cc1. The molecule has 0 aromatic heterocycles. The van der Waals surface area contributed by atoms with Crippen LogP contribution in [-0.4, -0.2) is 30.1 Å². The average Bonchev–Trinajstić information content (AvgIpc) is 2.70. The molecule has 1 saturated carbocycles. The van der Waals surface area contributed by atoms with E-state index in [9.17, 15) is 4.79 Å². The van der Waals surface area contributed by atoms with Gasteiger partial charge in [0, 0.05) is 18.3 Å². The van der Waals surface area contributed by atoms with Gasteiger partial charge >= 0.3 is 6.03 Å². The summed E-state index contributed by atoms with van der Waals surface area (Å²) in [6, 6.07) is 7.98. The molecule has 1 aliphatic carbocycles. The van der Waals surface area contributed by atoms with E-state index in [1.54, 1.807) is 0 Å². The highest BCUT2D eigenvalue weighted by Crippen LogP contribution is 2.52. The zero-order valence-corrected chi connectivity index (χ0v) is 14.7. The Morgan fingerprint density at radius 2 is 1.96 bits per heavy atom. The summed E-state index contributed by atoms with van der Waals surface area (Å²) in [5.74, 6) is 0.830. The van der Waals surface area contributed by atoms with Crippen molar-refractivity contribution in [2.24, 2.45) is 10.8 Å². The largest absolute Gasteiger partial charge is 0.494 e. The standard InChI is InChI=1S/C19H28N2O2/c1-5-23-16-8-6-14(7-9-16)20-17(22)21-13-19(4)11-15(21)10-18(2,3)12-19/h6-9,15H,5,10-13H2,1-4H3,(H,20,22). The fourth-order valence-corrected chi connectivity index (χ4v) is 4.69. The smallest absolute Gasteiger partial charge is 0.322 e. The topological polar surface area (TPSA) is 41.6 Å². The predicted molar refractivity (Wildman–Crippen MR) is 92.9 cm³/mol. The lowest BCUT2D eigenvalue weighted by atomic mass is 9.65. The Morgan fingerprint density at radius 3 is 2.61 bits per heavy atom. The molecule has 4 nitrogen and oxygen atoms in total. The number of nitrogens with zero attached hydrogens (tertiary/aromatic N) is 1. The van der Waals surface area contributed by atoms with E-state index in [-0.39, 0.29) is 11.4 Å². The molecule has 4 heteroatoms. The first-order valence-electron chi connectivity index (χ1n) is 8.61. The van der Waals surface area contributed by atoms with Crippen LogP contribution in [-0.2, 0) is 0 Å². The van der Waals surface area contributed by atoms with Gasteiger partial charge in [-0.1, -0.05) is 20.8 Å². The van der Waals surface area contributed by atoms with Crippen LogP contribution in [0.2, 0.25) is 0 Å². The summed E-state index contributed by atoms with van der Waals surface area (Å²) < 4.78 is 5.44. The molecule has 2 bridgehead atoms. The Kier molecular flexibility index (Phi) is 4.03. The minimum atomic E-state index is 0.0283. The van der Waals surface area contributed by atoms with E-state index in [0.29, 0.717) is 18.1 Å². The molecule has 1 heterocycles. The van der Waals surface area contributed by atoms with Crippen molar-refractivity contribution in [3.63, 3.8) is 0 Å². The van der Waals surface area contributed by atoms with Crippen molar-refractivity contribution in [2.45, 2.75) is 53.0 Å². The molecule has 1 aliphatic heterocycles. The molecular formula is C19H28N2O2. The number of anilines is 1. The number of nitrogens with one attached hydrogen (secondary N) is 1. The van der Waals surface area contributed by atoms with Crippen LogP contribution in [0, 0.1) is 10.8 Å². The molecule has 2 atom stereocenters. The maximum Gasteiger partial charge on any atom is 0.322 e. The van der Waals surface area contributed by atoms with Crippen LogP contribution in [0.1, 0.15) is 47.0 Å². The Bertz CT molecular complexity index is 582. The molecule has 126 valence electrons. The lowest BCUT2D eigenvalue weighted by Gasteiger charge is -2.39. The summed E-state index contributed by atoms with van der Waals surface area (Å²) in [6.45, 7) is 10.4. The second-order valence-corrected chi connectivity index (χ2v) is 8.23. The Balaban J connectivity index is 1.67. The molecule has 23 heavy (non-hydrogen) atoms. The van der Waals surface area contributed by atoms with E-state index in [2.05, 4.69) is 26.1 Å². The van der Waals surface area contributed by atoms with E-state index in [1.807, 2.05) is 36.1 Å². The fraction of sp³-hybridized carbons (Fsp3) is 0.632. The number of benzene rings is 1. The minimum absolute atomic E-state index is 0.0283. The first-order valence-corrected chi connectivity index (χ1v) is 8.61. The van der Waals surface area contributed by atoms with Crippen molar-refractivity contribution in [3.05, 3.63) is 24.3 Å². The summed E-state index contributed by atoms with van der Waals surface area (Å²) >= 11 is 0. The number of fused-ring (bicyclic) bond motifs is 2. The molecule has 1 saturated heterocycles. The first kappa shape index (κ1) is 16.2. The zero-order chi connectivity index (χ0) is 16.7. The van der Waals surface area contributed by atoms with E-state index >= 15 is 0 Å². The molecule has 2 aliphatic rings. The second kappa shape index (κ2) is 5.73. The van der Waals surface area contributed by atoms with Gasteiger partial charge in [0.15, 0.2) is 0 Å². The third-order valence-corrected chi connectivity index (χ3v) is 5.09. The van der Waals surface area contributed by atoms with Crippen molar-refractivity contribution in [3.8, 4) is 5.75 Å². The highest BCUT2D eigenvalue weighted by molar-refractivity contribution is 5.89. The summed E-state index contributed by atoms with van der Waals surface area (Å²) in [4.78, 5) is 14.8. The van der Waals surface area contributed by atoms with E-state index in [0.717, 1.165) is 30.8 Å². The Hall–Kier alpha value is -1.71. The summed E-state index contributed by atoms with van der Waals surface area (Å²) in [5.41, 5.74) is 1.42. The van der Waals surface area contributed by atoms with Crippen LogP contribution in [0.25, 0.3) is 0 Å². The number of hydrogen-bond donors (Lipinski definition) is 1. The van der Waals surface area contributed by atoms with Crippen molar-refractivity contribution >= 4 is 11.7 Å². The number of carbonyl (C=O) groups excluding carboxylic acids is 1. The summed E-state index contributed by atoms with van der Waals surface area (Å²) in [5, 5.41) is 3.04. The molecule has 2 unspecified atom stereocenters. The Morgan fingerprint density at radius 1 is 1.26 bits per heavy atom. The lowest BCUT2D eigenvalue weighted by Crippen LogP contribution is -2.40. The minimum Gasteiger partial charge on any atom is -0.494 e. The van der Waals surface area contributed by atoms with Gasteiger partial charge in [-0.25, -0.2) is 4.79 Å². The third-order valence-electron chi connectivity index (χ3n) is 5.09. The predicted octanol–water partition coefficient (Wildman–Crippen LogP) is 4.52. The van der Waals surface area contributed by atoms with Gasteiger partial charge in [-0.05, 0) is 61.3 Å². The van der Waals surface area contributed by atoms with Crippen molar-refractivity contribution in [1.29, 1.82) is 0 Å². The summed E-state index contributed by atoms with van der Waals surface area (Å²) in [7, 11) is 0. The van der Waals surface area contributed by atoms with Gasteiger partial charge in [-0.2, -0.15) is 0 Å². The molecule has 1 aromatic rings. The number of ether oxygens (including phenoxy) is 1. The molecule has 2 amide bonds. The molecule has 3 rings (SSSR count). The van der Waals surface area contributed by atoms with Gasteiger partial charge in [-0.15, -0.1) is 0 Å². The van der Waals surface area contributed by atoms with Crippen molar-refractivity contribution in [2.75, 3.05) is 18.5 Å². The monoisotopic (exact) mass is 316 g/mol. The molecule has 2 fully saturated rings. The van der Waals surface area contributed by atoms with Gasteiger partial charge in [0.2, 0.25) is 0 Å². The molecule has 0 radical (unpaired) electrons. The number of rotatable bonds is 3. The van der Waals surface area contributed by atoms with Crippen molar-refractivity contribution in [1.82, 2.24) is 4.90 Å². The lowest BCUT2D eigenvalue weighted by molar-refractivity contribution is 0.130. The maximum absolute atomic E-state index is 12.7. The third kappa shape index (κ3) is 3.46. The molecular weight excluding hydrogens is 288 g/mol. The first-order chi connectivity index (χ1) is 10.8. The molecule has 1 aromatic carbocycles. The van der Waals surface area contributed by atoms with E-state index < -0.39 is 0 Å². The number of urea groups is 1. The van der Waals surface area contributed by atoms with Gasteiger partial charge in [-0.3, -0.25) is 0 Å². The van der Waals surface area contributed by atoms with Crippen LogP contribution in [0.15, 0.2) is 24.3 Å². The van der Waals surface area contributed by atoms with Crippen LogP contribution < -0.4 is 10.1 Å². The summed E-state index contributed by atoms with van der Waals surface area (Å²) in [6.07, 6.45) is 3.43. The van der Waals surface area contributed by atoms with Gasteiger partial charge in [0.05, 0.1) is 6.61 Å². The zero-order valence-electron chi connectivity index (χ0n) is 14.7. The normalized spacial score (nSPS) is 28.5. The maximum atomic E-state index is 12.7. The van der Waals surface area contributed by atoms with Gasteiger partial charge in [0.25, 0.3) is 0 Å². The Labute approximate surface area is 139 Å². The van der Waals surface area contributed by atoms with E-state index in [1.165, 1.54) is 6.42 Å². The van der Waals surface area contributed by atoms with Crippen LogP contribution in [0.3, 0.4) is 0 Å². The van der Waals surface area contributed by atoms with E-state index in [4.69, 9.17) is 4.74 Å². The number of carbonyl (C=O) groups is 1. The highest BCUT2D eigenvalue weighted by Gasteiger charge is 2.50. The van der Waals surface area contributed by atoms with Gasteiger partial charge < -0.3 is 15.0 Å². The fourth-order valence-electron chi connectivity index (χ4n) is 4.69.